The number of aliphatic hydroxyl groups excluding tert-OH is 11. The molecule has 17 unspecified atom stereocenters. The molecule has 3 heterocycles. The van der Waals surface area contributed by atoms with Crippen molar-refractivity contribution in [3.63, 3.8) is 0 Å². The number of allylic oxidation sites excluding steroid dienone is 7. The summed E-state index contributed by atoms with van der Waals surface area (Å²) in [6.07, 6.45) is 70.0. The molecule has 3 rings (SSSR count). The average Bonchev–Trinajstić information content (AvgIpc) is 0.780. The smallest absolute Gasteiger partial charge is 0.220 e. The van der Waals surface area contributed by atoms with E-state index in [9.17, 15) is 61.0 Å². The predicted molar refractivity (Wildman–Crippen MR) is 457 cm³/mol. The molecule has 0 spiro atoms. The molecule has 12 N–H and O–H groups in total. The highest BCUT2D eigenvalue weighted by Crippen LogP contribution is 2.34. The largest absolute Gasteiger partial charge is 0.394 e. The summed E-state index contributed by atoms with van der Waals surface area (Å²) in [5, 5.41) is 121. The van der Waals surface area contributed by atoms with Gasteiger partial charge in [0.2, 0.25) is 5.91 Å². The fraction of sp³-hybridized carbons (Fsp3) is 0.904. The van der Waals surface area contributed by atoms with Gasteiger partial charge in [0.1, 0.15) is 73.2 Å². The lowest BCUT2D eigenvalue weighted by molar-refractivity contribution is -0.379. The number of hydrogen-bond acceptors (Lipinski definition) is 18. The summed E-state index contributed by atoms with van der Waals surface area (Å²) in [7, 11) is 0. The Morgan fingerprint density at radius 2 is 0.593 bits per heavy atom. The number of rotatable bonds is 78. The highest BCUT2D eigenvalue weighted by Gasteiger charge is 2.54. The van der Waals surface area contributed by atoms with E-state index in [4.69, 9.17) is 28.4 Å². The minimum absolute atomic E-state index is 0.239. The van der Waals surface area contributed by atoms with Crippen molar-refractivity contribution in [1.82, 2.24) is 5.32 Å². The number of carbonyl (C=O) groups excluding carboxylic acids is 1. The average molecular weight is 1610 g/mol. The van der Waals surface area contributed by atoms with E-state index < -0.39 is 124 Å². The van der Waals surface area contributed by atoms with Gasteiger partial charge < -0.3 is 89.9 Å². The van der Waals surface area contributed by atoms with Gasteiger partial charge in [-0.1, -0.05) is 390 Å². The molecule has 3 aliphatic rings. The molecule has 1 amide bonds. The SMILES string of the molecule is CCCCCCC/C=C\C/C=C\CCCCCCCCCCCCCCCCCCCCCCCCCC(=O)NC(COC1OC(CO)C(OC2OC(CO)C(OC3OC(CO)C(O)C(O)C3O)C(O)C2O)C(O)C1O)C(O)/C=C/CC/C=C/CCCCCCCCCCCCCCCCCCCCCCCCCCCCC. The van der Waals surface area contributed by atoms with Crippen molar-refractivity contribution >= 4 is 5.91 Å². The van der Waals surface area contributed by atoms with Crippen molar-refractivity contribution in [3.8, 4) is 0 Å². The van der Waals surface area contributed by atoms with Gasteiger partial charge in [0.05, 0.1) is 38.6 Å². The highest BCUT2D eigenvalue weighted by atomic mass is 16.8. The molecule has 17 atom stereocenters. The van der Waals surface area contributed by atoms with Gasteiger partial charge in [0.15, 0.2) is 18.9 Å². The van der Waals surface area contributed by atoms with E-state index in [1.165, 1.54) is 334 Å². The van der Waals surface area contributed by atoms with E-state index in [-0.39, 0.29) is 18.9 Å². The molecule has 0 radical (unpaired) electrons. The minimum atomic E-state index is -1.98. The van der Waals surface area contributed by atoms with Crippen LogP contribution in [0.5, 0.6) is 0 Å². The summed E-state index contributed by atoms with van der Waals surface area (Å²) < 4.78 is 34.5. The second kappa shape index (κ2) is 73.7. The Labute approximate surface area is 688 Å². The van der Waals surface area contributed by atoms with Crippen LogP contribution in [0, 0.1) is 0 Å². The lowest BCUT2D eigenvalue weighted by Gasteiger charge is -2.48. The quantitative estimate of drug-likeness (QED) is 0.0199. The summed E-state index contributed by atoms with van der Waals surface area (Å²) in [4.78, 5) is 13.5. The van der Waals surface area contributed by atoms with Crippen LogP contribution in [-0.2, 0) is 33.2 Å². The first kappa shape index (κ1) is 105. The maximum absolute atomic E-state index is 13.5. The van der Waals surface area contributed by atoms with Gasteiger partial charge in [0.25, 0.3) is 0 Å². The molecular formula is C94H175NO18. The van der Waals surface area contributed by atoms with Crippen LogP contribution in [0.15, 0.2) is 48.6 Å². The molecule has 0 aliphatic carbocycles. The molecule has 0 aromatic carbocycles. The Morgan fingerprint density at radius 1 is 0.319 bits per heavy atom. The molecule has 0 aromatic rings. The summed E-state index contributed by atoms with van der Waals surface area (Å²) in [6.45, 7) is 1.78. The molecule has 113 heavy (non-hydrogen) atoms. The summed E-state index contributed by atoms with van der Waals surface area (Å²) in [5.74, 6) is -0.277. The van der Waals surface area contributed by atoms with Crippen molar-refractivity contribution in [2.45, 2.75) is 516 Å². The van der Waals surface area contributed by atoms with E-state index in [0.29, 0.717) is 12.8 Å². The first-order valence-electron chi connectivity index (χ1n) is 47.4. The number of amides is 1. The number of unbranched alkanes of at least 4 members (excludes halogenated alkanes) is 56. The van der Waals surface area contributed by atoms with E-state index in [1.807, 2.05) is 6.08 Å². The zero-order valence-electron chi connectivity index (χ0n) is 71.9. The van der Waals surface area contributed by atoms with Crippen LogP contribution in [-0.4, -0.2) is 193 Å². The van der Waals surface area contributed by atoms with Crippen LogP contribution in [0.4, 0.5) is 0 Å². The lowest BCUT2D eigenvalue weighted by Crippen LogP contribution is -2.66. The van der Waals surface area contributed by atoms with Gasteiger partial charge in [0, 0.05) is 6.42 Å². The third kappa shape index (κ3) is 51.9. The molecule has 0 bridgehead atoms. The van der Waals surface area contributed by atoms with E-state index in [1.54, 1.807) is 6.08 Å². The number of ether oxygens (including phenoxy) is 6. The molecule has 19 nitrogen and oxygen atoms in total. The Balaban J connectivity index is 1.32. The minimum Gasteiger partial charge on any atom is -0.394 e. The van der Waals surface area contributed by atoms with Gasteiger partial charge in [-0.2, -0.15) is 0 Å². The summed E-state index contributed by atoms with van der Waals surface area (Å²) in [6, 6.07) is -0.992. The van der Waals surface area contributed by atoms with Crippen molar-refractivity contribution in [3.05, 3.63) is 48.6 Å². The Bertz CT molecular complexity index is 2220. The standard InChI is InChI=1S/C94H175NO18/c1-3-5-7-9-11-13-15-17-19-21-23-25-27-29-31-33-35-37-38-40-42-44-46-48-50-52-54-56-58-60-62-64-66-68-70-72-82(100)95-77(78(99)71-69-67-65-63-61-59-57-55-53-51-49-47-45-43-41-39-36-34-32-30-28-26-24-22-20-18-16-14-12-10-8-6-4-2)76-108-92-88(106)85(103)90(80(74-97)110-92)113-94-89(107)86(104)91(81(75-98)111-94)112-93-87(105)84(102)83(101)79(73-96)109-93/h15,17,21,23,61,63,69,71,77-81,83-94,96-99,101-107H,3-14,16,18-20,22,24-60,62,64-68,70,72-76H2,1-2H3,(H,95,100)/b17-15-,23-21-,63-61+,71-69+. The van der Waals surface area contributed by atoms with Crippen LogP contribution >= 0.6 is 0 Å². The first-order chi connectivity index (χ1) is 55.3. The van der Waals surface area contributed by atoms with Crippen LogP contribution in [0.25, 0.3) is 0 Å². The molecule has 19 heteroatoms. The number of hydrogen-bond donors (Lipinski definition) is 12. The molecule has 3 fully saturated rings. The predicted octanol–water partition coefficient (Wildman–Crippen LogP) is 18.7. The highest BCUT2D eigenvalue weighted by molar-refractivity contribution is 5.76. The first-order valence-corrected chi connectivity index (χ1v) is 47.4. The van der Waals surface area contributed by atoms with Crippen LogP contribution in [0.2, 0.25) is 0 Å². The fourth-order valence-electron chi connectivity index (χ4n) is 16.1. The third-order valence-corrected chi connectivity index (χ3v) is 23.6. The number of aliphatic hydroxyl groups is 11. The lowest BCUT2D eigenvalue weighted by atomic mass is 9.96. The summed E-state index contributed by atoms with van der Waals surface area (Å²) in [5.41, 5.74) is 0. The molecular weight excluding hydrogens is 1430 g/mol. The fourth-order valence-corrected chi connectivity index (χ4v) is 16.1. The summed E-state index contributed by atoms with van der Waals surface area (Å²) >= 11 is 0. The maximum atomic E-state index is 13.5. The second-order valence-corrected chi connectivity index (χ2v) is 33.8. The van der Waals surface area contributed by atoms with E-state index >= 15 is 0 Å². The van der Waals surface area contributed by atoms with Gasteiger partial charge >= 0.3 is 0 Å². The zero-order valence-corrected chi connectivity index (χ0v) is 71.9. The van der Waals surface area contributed by atoms with Gasteiger partial charge in [-0.05, 0) is 64.2 Å². The van der Waals surface area contributed by atoms with Crippen molar-refractivity contribution in [1.29, 1.82) is 0 Å². The van der Waals surface area contributed by atoms with Crippen LogP contribution in [0.1, 0.15) is 412 Å². The van der Waals surface area contributed by atoms with Crippen molar-refractivity contribution in [2.75, 3.05) is 26.4 Å². The van der Waals surface area contributed by atoms with Crippen molar-refractivity contribution in [2.24, 2.45) is 0 Å². The van der Waals surface area contributed by atoms with Gasteiger partial charge in [-0.25, -0.2) is 0 Å². The third-order valence-electron chi connectivity index (χ3n) is 23.6. The molecule has 0 aromatic heterocycles. The van der Waals surface area contributed by atoms with Gasteiger partial charge in [-0.15, -0.1) is 0 Å². The molecule has 3 saturated heterocycles. The molecule has 0 saturated carbocycles. The van der Waals surface area contributed by atoms with Gasteiger partial charge in [-0.3, -0.25) is 4.79 Å². The van der Waals surface area contributed by atoms with E-state index in [2.05, 4.69) is 55.6 Å². The van der Waals surface area contributed by atoms with Crippen LogP contribution in [0.3, 0.4) is 0 Å². The Morgan fingerprint density at radius 3 is 0.938 bits per heavy atom. The zero-order chi connectivity index (χ0) is 81.7. The molecule has 664 valence electrons. The van der Waals surface area contributed by atoms with Crippen LogP contribution < -0.4 is 5.32 Å². The molecule has 3 aliphatic heterocycles. The Kier molecular flexibility index (Phi) is 68.4. The number of nitrogens with one attached hydrogen (secondary N) is 1. The maximum Gasteiger partial charge on any atom is 0.220 e. The van der Waals surface area contributed by atoms with Crippen molar-refractivity contribution < 1.29 is 89.4 Å². The van der Waals surface area contributed by atoms with E-state index in [0.717, 1.165) is 44.9 Å². The Hall–Kier alpha value is -2.25. The topological polar surface area (TPSA) is 307 Å². The number of carbonyl (C=O) groups is 1. The monoisotopic (exact) mass is 1610 g/mol. The second-order valence-electron chi connectivity index (χ2n) is 33.8. The normalized spacial score (nSPS) is 25.0.